The van der Waals surface area contributed by atoms with Crippen LogP contribution in [0, 0.1) is 0 Å². The summed E-state index contributed by atoms with van der Waals surface area (Å²) >= 11 is 1.11. The Morgan fingerprint density at radius 3 is 2.86 bits per heavy atom. The zero-order chi connectivity index (χ0) is 9.97. The number of nitrogens with two attached hydrogens (primary N) is 1. The molecule has 1 aromatic heterocycles. The second kappa shape index (κ2) is 3.63. The van der Waals surface area contributed by atoms with Crippen molar-refractivity contribution in [2.75, 3.05) is 12.8 Å². The molecular weight excluding hydrogens is 198 g/mol. The molecule has 0 aliphatic heterocycles. The Hall–Kier alpha value is -1.62. The van der Waals surface area contributed by atoms with Crippen LogP contribution in [0.4, 0.5) is 5.82 Å². The van der Waals surface area contributed by atoms with E-state index in [0.29, 0.717) is 11.5 Å². The summed E-state index contributed by atoms with van der Waals surface area (Å²) < 4.78 is 13.1. The van der Waals surface area contributed by atoms with Crippen molar-refractivity contribution in [1.82, 2.24) is 8.75 Å². The van der Waals surface area contributed by atoms with Crippen molar-refractivity contribution >= 4 is 17.5 Å². The van der Waals surface area contributed by atoms with Crippen molar-refractivity contribution in [3.63, 3.8) is 0 Å². The van der Waals surface area contributed by atoms with E-state index in [0.717, 1.165) is 23.0 Å². The molecule has 0 saturated heterocycles. The zero-order valence-electron chi connectivity index (χ0n) is 7.60. The lowest BCUT2D eigenvalue weighted by Gasteiger charge is -2.01. The summed E-state index contributed by atoms with van der Waals surface area (Å²) in [5, 5.41) is 0. The highest BCUT2D eigenvalue weighted by Crippen LogP contribution is 2.26. The summed E-state index contributed by atoms with van der Waals surface area (Å²) in [4.78, 5) is 0. The van der Waals surface area contributed by atoms with Crippen molar-refractivity contribution in [2.24, 2.45) is 0 Å². The molecule has 0 spiro atoms. The van der Waals surface area contributed by atoms with Crippen LogP contribution in [0.3, 0.4) is 0 Å². The van der Waals surface area contributed by atoms with Gasteiger partial charge in [-0.25, -0.2) is 0 Å². The Labute approximate surface area is 85.7 Å². The molecule has 1 heterocycles. The third kappa shape index (κ3) is 1.54. The number of nitrogens with zero attached hydrogens (tertiary/aromatic N) is 2. The Balaban J connectivity index is 2.47. The van der Waals surface area contributed by atoms with E-state index < -0.39 is 0 Å². The van der Waals surface area contributed by atoms with E-state index in [1.54, 1.807) is 7.11 Å². The number of hydrogen-bond donors (Lipinski definition) is 1. The van der Waals surface area contributed by atoms with Gasteiger partial charge in [0.1, 0.15) is 11.4 Å². The van der Waals surface area contributed by atoms with Gasteiger partial charge in [0.2, 0.25) is 0 Å². The van der Waals surface area contributed by atoms with Gasteiger partial charge >= 0.3 is 0 Å². The lowest BCUT2D eigenvalue weighted by molar-refractivity contribution is 0.415. The molecule has 2 rings (SSSR count). The SMILES string of the molecule is COc1cccc(-c2nsnc2N)c1. The molecule has 1 aromatic carbocycles. The standard InChI is InChI=1S/C9H9N3OS/c1-13-7-4-2-3-6(5-7)8-9(10)12-14-11-8/h2-5H,1H3,(H2,10,12). The van der Waals surface area contributed by atoms with Crippen LogP contribution in [0.25, 0.3) is 11.3 Å². The molecule has 5 heteroatoms. The Bertz CT molecular complexity index is 441. The average molecular weight is 207 g/mol. The number of hydrogen-bond acceptors (Lipinski definition) is 5. The fraction of sp³-hybridized carbons (Fsp3) is 0.111. The Morgan fingerprint density at radius 2 is 2.21 bits per heavy atom. The first kappa shape index (κ1) is 8.96. The molecule has 0 aliphatic rings. The quantitative estimate of drug-likeness (QED) is 0.815. The van der Waals surface area contributed by atoms with Crippen molar-refractivity contribution in [2.45, 2.75) is 0 Å². The highest BCUT2D eigenvalue weighted by molar-refractivity contribution is 6.99. The highest BCUT2D eigenvalue weighted by Gasteiger charge is 2.07. The van der Waals surface area contributed by atoms with Gasteiger partial charge in [-0.05, 0) is 12.1 Å². The van der Waals surface area contributed by atoms with Gasteiger partial charge in [0.25, 0.3) is 0 Å². The smallest absolute Gasteiger partial charge is 0.165 e. The average Bonchev–Trinajstić information content (AvgIpc) is 2.65. The maximum atomic E-state index is 5.66. The van der Waals surface area contributed by atoms with Crippen LogP contribution >= 0.6 is 11.7 Å². The van der Waals surface area contributed by atoms with Gasteiger partial charge in [-0.15, -0.1) is 0 Å². The first-order valence-electron chi connectivity index (χ1n) is 4.03. The maximum Gasteiger partial charge on any atom is 0.165 e. The van der Waals surface area contributed by atoms with E-state index in [1.165, 1.54) is 0 Å². The summed E-state index contributed by atoms with van der Waals surface area (Å²) in [6.45, 7) is 0. The Kier molecular flexibility index (Phi) is 2.32. The molecule has 0 bridgehead atoms. The molecule has 4 nitrogen and oxygen atoms in total. The second-order valence-corrected chi connectivity index (χ2v) is 3.26. The molecule has 0 aliphatic carbocycles. The first-order valence-corrected chi connectivity index (χ1v) is 4.77. The van der Waals surface area contributed by atoms with E-state index in [9.17, 15) is 0 Å². The normalized spacial score (nSPS) is 10.1. The summed E-state index contributed by atoms with van der Waals surface area (Å²) in [5.41, 5.74) is 7.30. The van der Waals surface area contributed by atoms with E-state index in [-0.39, 0.29) is 0 Å². The molecule has 0 saturated carbocycles. The second-order valence-electron chi connectivity index (χ2n) is 2.73. The van der Waals surface area contributed by atoms with Crippen molar-refractivity contribution < 1.29 is 4.74 Å². The summed E-state index contributed by atoms with van der Waals surface area (Å²) in [7, 11) is 1.63. The maximum absolute atomic E-state index is 5.66. The largest absolute Gasteiger partial charge is 0.497 e. The minimum absolute atomic E-state index is 0.461. The lowest BCUT2D eigenvalue weighted by Crippen LogP contribution is -1.89. The van der Waals surface area contributed by atoms with Crippen LogP contribution < -0.4 is 10.5 Å². The summed E-state index contributed by atoms with van der Waals surface area (Å²) in [6.07, 6.45) is 0. The molecule has 2 N–H and O–H groups in total. The minimum Gasteiger partial charge on any atom is -0.497 e. The van der Waals surface area contributed by atoms with Gasteiger partial charge in [-0.3, -0.25) is 0 Å². The molecule has 0 atom stereocenters. The van der Waals surface area contributed by atoms with Crippen molar-refractivity contribution in [3.05, 3.63) is 24.3 Å². The van der Waals surface area contributed by atoms with Crippen LogP contribution in [0.2, 0.25) is 0 Å². The Morgan fingerprint density at radius 1 is 1.36 bits per heavy atom. The first-order chi connectivity index (χ1) is 6.81. The number of anilines is 1. The molecular formula is C9H9N3OS. The van der Waals surface area contributed by atoms with E-state index in [1.807, 2.05) is 24.3 Å². The van der Waals surface area contributed by atoms with Crippen molar-refractivity contribution in [3.8, 4) is 17.0 Å². The fourth-order valence-corrected chi connectivity index (χ4v) is 1.66. The molecule has 0 unspecified atom stereocenters. The minimum atomic E-state index is 0.461. The molecule has 0 radical (unpaired) electrons. The number of aromatic nitrogens is 2. The van der Waals surface area contributed by atoms with E-state index >= 15 is 0 Å². The third-order valence-corrected chi connectivity index (χ3v) is 2.40. The number of benzene rings is 1. The fourth-order valence-electron chi connectivity index (χ4n) is 1.17. The topological polar surface area (TPSA) is 61.0 Å². The predicted octanol–water partition coefficient (Wildman–Crippen LogP) is 1.80. The number of ether oxygens (including phenoxy) is 1. The van der Waals surface area contributed by atoms with Gasteiger partial charge in [-0.1, -0.05) is 12.1 Å². The highest BCUT2D eigenvalue weighted by atomic mass is 32.1. The molecule has 72 valence electrons. The van der Waals surface area contributed by atoms with Crippen molar-refractivity contribution in [1.29, 1.82) is 0 Å². The van der Waals surface area contributed by atoms with Gasteiger partial charge in [0.15, 0.2) is 5.82 Å². The summed E-state index contributed by atoms with van der Waals surface area (Å²) in [5.74, 6) is 1.25. The number of nitrogen functional groups attached to an aromatic ring is 1. The summed E-state index contributed by atoms with van der Waals surface area (Å²) in [6, 6.07) is 7.58. The predicted molar refractivity (Wildman–Crippen MR) is 56.3 cm³/mol. The van der Waals surface area contributed by atoms with Crippen LogP contribution in [0.1, 0.15) is 0 Å². The van der Waals surface area contributed by atoms with Gasteiger partial charge < -0.3 is 10.5 Å². The van der Waals surface area contributed by atoms with Crippen LogP contribution in [0.5, 0.6) is 5.75 Å². The van der Waals surface area contributed by atoms with Gasteiger partial charge in [0.05, 0.1) is 18.8 Å². The van der Waals surface area contributed by atoms with Crippen LogP contribution in [-0.4, -0.2) is 15.9 Å². The third-order valence-electron chi connectivity index (χ3n) is 1.86. The van der Waals surface area contributed by atoms with E-state index in [2.05, 4.69) is 8.75 Å². The molecule has 0 fully saturated rings. The van der Waals surface area contributed by atoms with Crippen LogP contribution in [0.15, 0.2) is 24.3 Å². The molecule has 14 heavy (non-hydrogen) atoms. The molecule has 2 aromatic rings. The van der Waals surface area contributed by atoms with Crippen LogP contribution in [-0.2, 0) is 0 Å². The number of rotatable bonds is 2. The van der Waals surface area contributed by atoms with Gasteiger partial charge in [-0.2, -0.15) is 8.75 Å². The monoisotopic (exact) mass is 207 g/mol. The van der Waals surface area contributed by atoms with Gasteiger partial charge in [0, 0.05) is 5.56 Å². The number of methoxy groups -OCH3 is 1. The van der Waals surface area contributed by atoms with E-state index in [4.69, 9.17) is 10.5 Å². The zero-order valence-corrected chi connectivity index (χ0v) is 8.41. The lowest BCUT2D eigenvalue weighted by atomic mass is 10.1. The molecule has 0 amide bonds.